The highest BCUT2D eigenvalue weighted by Gasteiger charge is 2.38. The van der Waals surface area contributed by atoms with Crippen molar-refractivity contribution in [3.8, 4) is 5.75 Å². The first-order valence-corrected chi connectivity index (χ1v) is 8.46. The van der Waals surface area contributed by atoms with Crippen LogP contribution in [0.5, 0.6) is 5.75 Å². The van der Waals surface area contributed by atoms with Gasteiger partial charge in [-0.3, -0.25) is 0 Å². The molecule has 0 N–H and O–H groups in total. The zero-order chi connectivity index (χ0) is 18.8. The number of alkyl halides is 3. The van der Waals surface area contributed by atoms with E-state index in [1.54, 1.807) is 0 Å². The van der Waals surface area contributed by atoms with E-state index in [9.17, 15) is 26.0 Å². The Bertz CT molecular complexity index is 866. The summed E-state index contributed by atoms with van der Waals surface area (Å²) in [5, 5.41) is 0. The van der Waals surface area contributed by atoms with E-state index in [2.05, 4.69) is 0 Å². The zero-order valence-electron chi connectivity index (χ0n) is 13.3. The van der Waals surface area contributed by atoms with E-state index in [0.717, 1.165) is 29.6 Å². The predicted molar refractivity (Wildman–Crippen MR) is 83.0 cm³/mol. The standard InChI is InChI=1S/C16H15F4NO3S/c1-21(10-11-7-8-14(24-2)13(17)9-11)25(22,23)15-6-4-3-5-12(15)16(18,19)20/h3-9H,10H2,1-2H3. The number of rotatable bonds is 5. The van der Waals surface area contributed by atoms with Gasteiger partial charge in [-0.15, -0.1) is 0 Å². The topological polar surface area (TPSA) is 46.6 Å². The molecule has 0 fully saturated rings. The average Bonchev–Trinajstić information content (AvgIpc) is 2.54. The molecule has 0 unspecified atom stereocenters. The quantitative estimate of drug-likeness (QED) is 0.747. The van der Waals surface area contributed by atoms with Crippen molar-refractivity contribution in [1.82, 2.24) is 4.31 Å². The van der Waals surface area contributed by atoms with E-state index in [1.807, 2.05) is 0 Å². The highest BCUT2D eigenvalue weighted by molar-refractivity contribution is 7.89. The van der Waals surface area contributed by atoms with Crippen LogP contribution < -0.4 is 4.74 Å². The van der Waals surface area contributed by atoms with Crippen LogP contribution in [0.3, 0.4) is 0 Å². The first-order valence-electron chi connectivity index (χ1n) is 7.02. The Kier molecular flexibility index (Phi) is 5.38. The number of hydrogen-bond acceptors (Lipinski definition) is 3. The lowest BCUT2D eigenvalue weighted by molar-refractivity contribution is -0.139. The van der Waals surface area contributed by atoms with Crippen LogP contribution in [0, 0.1) is 5.82 Å². The molecule has 2 rings (SSSR count). The monoisotopic (exact) mass is 377 g/mol. The van der Waals surface area contributed by atoms with Crippen molar-refractivity contribution in [1.29, 1.82) is 0 Å². The van der Waals surface area contributed by atoms with Gasteiger partial charge in [0.25, 0.3) is 0 Å². The minimum absolute atomic E-state index is 0.0170. The van der Waals surface area contributed by atoms with Gasteiger partial charge in [-0.2, -0.15) is 17.5 Å². The van der Waals surface area contributed by atoms with Crippen LogP contribution in [0.2, 0.25) is 0 Å². The first kappa shape index (κ1) is 19.2. The highest BCUT2D eigenvalue weighted by atomic mass is 32.2. The Morgan fingerprint density at radius 2 is 1.76 bits per heavy atom. The van der Waals surface area contributed by atoms with Gasteiger partial charge in [0.1, 0.15) is 0 Å². The van der Waals surface area contributed by atoms with Gasteiger partial charge in [0.15, 0.2) is 11.6 Å². The summed E-state index contributed by atoms with van der Waals surface area (Å²) in [7, 11) is -2.01. The lowest BCUT2D eigenvalue weighted by Gasteiger charge is -2.20. The zero-order valence-corrected chi connectivity index (χ0v) is 14.2. The van der Waals surface area contributed by atoms with Gasteiger partial charge in [0, 0.05) is 13.6 Å². The van der Waals surface area contributed by atoms with Crippen LogP contribution in [-0.4, -0.2) is 26.9 Å². The number of methoxy groups -OCH3 is 1. The van der Waals surface area contributed by atoms with Gasteiger partial charge in [-0.1, -0.05) is 18.2 Å². The second-order valence-corrected chi connectivity index (χ2v) is 7.24. The molecule has 0 aliphatic rings. The lowest BCUT2D eigenvalue weighted by atomic mass is 10.2. The summed E-state index contributed by atoms with van der Waals surface area (Å²) >= 11 is 0. The first-order chi connectivity index (χ1) is 11.6. The number of hydrogen-bond donors (Lipinski definition) is 0. The third kappa shape index (κ3) is 4.10. The molecule has 0 saturated carbocycles. The van der Waals surface area contributed by atoms with Crippen molar-refractivity contribution >= 4 is 10.0 Å². The van der Waals surface area contributed by atoms with Crippen molar-refractivity contribution in [3.63, 3.8) is 0 Å². The van der Waals surface area contributed by atoms with E-state index in [4.69, 9.17) is 4.74 Å². The van der Waals surface area contributed by atoms with Crippen LogP contribution in [0.15, 0.2) is 47.4 Å². The van der Waals surface area contributed by atoms with Gasteiger partial charge in [-0.25, -0.2) is 12.8 Å². The number of ether oxygens (including phenoxy) is 1. The molecular formula is C16H15F4NO3S. The molecule has 0 radical (unpaired) electrons. The fourth-order valence-electron chi connectivity index (χ4n) is 2.24. The fourth-order valence-corrected chi connectivity index (χ4v) is 3.61. The minimum Gasteiger partial charge on any atom is -0.494 e. The van der Waals surface area contributed by atoms with Crippen molar-refractivity contribution in [2.75, 3.05) is 14.2 Å². The van der Waals surface area contributed by atoms with Crippen molar-refractivity contribution < 1.29 is 30.7 Å². The maximum absolute atomic E-state index is 13.7. The molecule has 0 bridgehead atoms. The van der Waals surface area contributed by atoms with E-state index in [1.165, 1.54) is 25.3 Å². The van der Waals surface area contributed by atoms with E-state index < -0.39 is 32.5 Å². The summed E-state index contributed by atoms with van der Waals surface area (Å²) in [5.41, 5.74) is -0.975. The van der Waals surface area contributed by atoms with Gasteiger partial charge >= 0.3 is 6.18 Å². The molecule has 0 atom stereocenters. The Hall–Kier alpha value is -2.13. The number of nitrogens with zero attached hydrogens (tertiary/aromatic N) is 1. The molecule has 0 spiro atoms. The maximum Gasteiger partial charge on any atom is 0.417 e. The Morgan fingerprint density at radius 1 is 1.12 bits per heavy atom. The van der Waals surface area contributed by atoms with Crippen molar-refractivity contribution in [2.24, 2.45) is 0 Å². The molecule has 0 aliphatic carbocycles. The fraction of sp³-hybridized carbons (Fsp3) is 0.250. The molecule has 0 aromatic heterocycles. The molecule has 25 heavy (non-hydrogen) atoms. The molecule has 9 heteroatoms. The Labute approximate surface area is 142 Å². The summed E-state index contributed by atoms with van der Waals surface area (Å²) in [6.45, 7) is -0.296. The van der Waals surface area contributed by atoms with Gasteiger partial charge in [0.2, 0.25) is 10.0 Å². The molecule has 2 aromatic rings. The summed E-state index contributed by atoms with van der Waals surface area (Å²) in [6.07, 6.45) is -4.81. The molecule has 0 saturated heterocycles. The molecule has 0 amide bonds. The van der Waals surface area contributed by atoms with E-state index in [-0.39, 0.29) is 17.9 Å². The van der Waals surface area contributed by atoms with Crippen LogP contribution in [0.4, 0.5) is 17.6 Å². The van der Waals surface area contributed by atoms with Crippen LogP contribution in [-0.2, 0) is 22.7 Å². The van der Waals surface area contributed by atoms with Crippen molar-refractivity contribution in [3.05, 3.63) is 59.4 Å². The van der Waals surface area contributed by atoms with Gasteiger partial charge in [0.05, 0.1) is 17.6 Å². The normalized spacial score (nSPS) is 12.4. The molecule has 4 nitrogen and oxygen atoms in total. The minimum atomic E-state index is -4.81. The molecule has 0 heterocycles. The van der Waals surface area contributed by atoms with Gasteiger partial charge in [-0.05, 0) is 29.8 Å². The summed E-state index contributed by atoms with van der Waals surface area (Å²) in [5.74, 6) is -0.710. The number of sulfonamides is 1. The third-order valence-corrected chi connectivity index (χ3v) is 5.36. The second-order valence-electron chi connectivity index (χ2n) is 5.22. The summed E-state index contributed by atoms with van der Waals surface area (Å²) in [4.78, 5) is -0.848. The number of benzene rings is 2. The SMILES string of the molecule is COc1ccc(CN(C)S(=O)(=O)c2ccccc2C(F)(F)F)cc1F. The summed E-state index contributed by atoms with van der Waals surface area (Å²) < 4.78 is 83.4. The predicted octanol–water partition coefficient (Wildman–Crippen LogP) is 3.67. The second kappa shape index (κ2) is 7.01. The average molecular weight is 377 g/mol. The van der Waals surface area contributed by atoms with E-state index in [0.29, 0.717) is 6.07 Å². The maximum atomic E-state index is 13.7. The smallest absolute Gasteiger partial charge is 0.417 e. The summed E-state index contributed by atoms with van der Waals surface area (Å²) in [6, 6.07) is 7.74. The Balaban J connectivity index is 2.36. The number of halogens is 4. The molecule has 0 aliphatic heterocycles. The van der Waals surface area contributed by atoms with E-state index >= 15 is 0 Å². The van der Waals surface area contributed by atoms with Crippen LogP contribution in [0.25, 0.3) is 0 Å². The van der Waals surface area contributed by atoms with Crippen LogP contribution >= 0.6 is 0 Å². The third-order valence-electron chi connectivity index (χ3n) is 3.50. The molecule has 2 aromatic carbocycles. The van der Waals surface area contributed by atoms with Crippen molar-refractivity contribution in [2.45, 2.75) is 17.6 Å². The Morgan fingerprint density at radius 3 is 2.32 bits per heavy atom. The molecule has 136 valence electrons. The largest absolute Gasteiger partial charge is 0.494 e. The molecular weight excluding hydrogens is 362 g/mol. The van der Waals surface area contributed by atoms with Gasteiger partial charge < -0.3 is 4.74 Å². The lowest BCUT2D eigenvalue weighted by Crippen LogP contribution is -2.28. The highest BCUT2D eigenvalue weighted by Crippen LogP contribution is 2.35. The van der Waals surface area contributed by atoms with Crippen LogP contribution in [0.1, 0.15) is 11.1 Å².